The molecule has 0 bridgehead atoms. The molecule has 0 radical (unpaired) electrons. The average Bonchev–Trinajstić information content (AvgIpc) is 2.59. The van der Waals surface area contributed by atoms with Gasteiger partial charge in [-0.2, -0.15) is 0 Å². The standard InChI is InChI=1S/C18H19NO6S/c1-24-16-9-4-3-8-15(16)19-17(20)11-25-18(21)14-7-5-6-13(10-14)12-26(2,22)23/h3-10H,11-12H2,1-2H3,(H,19,20). The highest BCUT2D eigenvalue weighted by Crippen LogP contribution is 2.22. The third-order valence-corrected chi connectivity index (χ3v) is 4.16. The van der Waals surface area contributed by atoms with Gasteiger partial charge in [0.05, 0.1) is 24.1 Å². The lowest BCUT2D eigenvalue weighted by atomic mass is 10.1. The molecule has 0 atom stereocenters. The Labute approximate surface area is 151 Å². The zero-order valence-electron chi connectivity index (χ0n) is 14.4. The molecule has 0 heterocycles. The molecule has 2 rings (SSSR count). The van der Waals surface area contributed by atoms with Gasteiger partial charge in [0.2, 0.25) is 0 Å². The van der Waals surface area contributed by atoms with E-state index in [2.05, 4.69) is 5.32 Å². The van der Waals surface area contributed by atoms with Crippen molar-refractivity contribution in [1.29, 1.82) is 0 Å². The second-order valence-corrected chi connectivity index (χ2v) is 7.74. The highest BCUT2D eigenvalue weighted by Gasteiger charge is 2.13. The fraction of sp³-hybridized carbons (Fsp3) is 0.222. The van der Waals surface area contributed by atoms with Gasteiger partial charge in [0.25, 0.3) is 5.91 Å². The van der Waals surface area contributed by atoms with Gasteiger partial charge in [-0.15, -0.1) is 0 Å². The van der Waals surface area contributed by atoms with E-state index in [1.54, 1.807) is 36.4 Å². The molecule has 0 aliphatic heterocycles. The van der Waals surface area contributed by atoms with Crippen LogP contribution in [0.4, 0.5) is 5.69 Å². The van der Waals surface area contributed by atoms with Crippen LogP contribution in [0.2, 0.25) is 0 Å². The number of nitrogens with one attached hydrogen (secondary N) is 1. The average molecular weight is 377 g/mol. The first-order valence-electron chi connectivity index (χ1n) is 7.65. The Morgan fingerprint density at radius 2 is 1.81 bits per heavy atom. The third kappa shape index (κ3) is 5.89. The first kappa shape index (κ1) is 19.5. The van der Waals surface area contributed by atoms with E-state index < -0.39 is 28.3 Å². The highest BCUT2D eigenvalue weighted by atomic mass is 32.2. The molecule has 2 aromatic carbocycles. The maximum absolute atomic E-state index is 12.1. The van der Waals surface area contributed by atoms with Gasteiger partial charge in [0.1, 0.15) is 5.75 Å². The summed E-state index contributed by atoms with van der Waals surface area (Å²) in [5.41, 5.74) is 1.11. The normalized spacial score (nSPS) is 10.8. The molecule has 138 valence electrons. The second kappa shape index (κ2) is 8.48. The number of amides is 1. The quantitative estimate of drug-likeness (QED) is 0.742. The number of anilines is 1. The molecule has 0 spiro atoms. The van der Waals surface area contributed by atoms with Crippen LogP contribution in [-0.2, 0) is 25.1 Å². The molecular weight excluding hydrogens is 358 g/mol. The van der Waals surface area contributed by atoms with Crippen molar-refractivity contribution in [3.63, 3.8) is 0 Å². The van der Waals surface area contributed by atoms with Crippen LogP contribution in [0.15, 0.2) is 48.5 Å². The van der Waals surface area contributed by atoms with Crippen LogP contribution < -0.4 is 10.1 Å². The van der Waals surface area contributed by atoms with E-state index in [0.29, 0.717) is 17.0 Å². The molecule has 0 unspecified atom stereocenters. The van der Waals surface area contributed by atoms with Crippen LogP contribution in [0.25, 0.3) is 0 Å². The van der Waals surface area contributed by atoms with E-state index >= 15 is 0 Å². The Kier molecular flexibility index (Phi) is 6.35. The number of esters is 1. The number of sulfone groups is 1. The van der Waals surface area contributed by atoms with Gasteiger partial charge in [-0.1, -0.05) is 24.3 Å². The summed E-state index contributed by atoms with van der Waals surface area (Å²) in [6, 6.07) is 12.9. The van der Waals surface area contributed by atoms with Crippen molar-refractivity contribution < 1.29 is 27.5 Å². The first-order chi connectivity index (χ1) is 12.3. The maximum atomic E-state index is 12.1. The number of hydrogen-bond acceptors (Lipinski definition) is 6. The van der Waals surface area contributed by atoms with E-state index in [4.69, 9.17) is 9.47 Å². The van der Waals surface area contributed by atoms with Gasteiger partial charge >= 0.3 is 5.97 Å². The SMILES string of the molecule is COc1ccccc1NC(=O)COC(=O)c1cccc(CS(C)(=O)=O)c1. The van der Waals surface area contributed by atoms with E-state index in [-0.39, 0.29) is 11.3 Å². The van der Waals surface area contributed by atoms with Crippen LogP contribution in [0.5, 0.6) is 5.75 Å². The summed E-state index contributed by atoms with van der Waals surface area (Å²) < 4.78 is 32.8. The van der Waals surface area contributed by atoms with Crippen molar-refractivity contribution in [2.75, 3.05) is 25.3 Å². The van der Waals surface area contributed by atoms with Crippen LogP contribution >= 0.6 is 0 Å². The molecule has 0 saturated heterocycles. The molecule has 0 aliphatic rings. The van der Waals surface area contributed by atoms with Gasteiger partial charge in [-0.25, -0.2) is 13.2 Å². The predicted octanol–water partition coefficient (Wildman–Crippen LogP) is 2.04. The number of methoxy groups -OCH3 is 1. The summed E-state index contributed by atoms with van der Waals surface area (Å²) in [6.07, 6.45) is 1.11. The molecule has 0 aromatic heterocycles. The van der Waals surface area contributed by atoms with Crippen molar-refractivity contribution in [3.05, 3.63) is 59.7 Å². The summed E-state index contributed by atoms with van der Waals surface area (Å²) in [5.74, 6) is -0.922. The van der Waals surface area contributed by atoms with Gasteiger partial charge in [-0.3, -0.25) is 4.79 Å². The lowest BCUT2D eigenvalue weighted by molar-refractivity contribution is -0.119. The molecule has 8 heteroatoms. The van der Waals surface area contributed by atoms with E-state index in [1.165, 1.54) is 19.2 Å². The van der Waals surface area contributed by atoms with Gasteiger partial charge in [0, 0.05) is 6.26 Å². The van der Waals surface area contributed by atoms with Crippen LogP contribution in [0, 0.1) is 0 Å². The number of ether oxygens (including phenoxy) is 2. The van der Waals surface area contributed by atoms with Gasteiger partial charge < -0.3 is 14.8 Å². The molecule has 7 nitrogen and oxygen atoms in total. The fourth-order valence-electron chi connectivity index (χ4n) is 2.24. The number of carbonyl (C=O) groups excluding carboxylic acids is 2. The van der Waals surface area contributed by atoms with Crippen molar-refractivity contribution >= 4 is 27.4 Å². The Balaban J connectivity index is 1.96. The summed E-state index contributed by atoms with van der Waals surface area (Å²) in [7, 11) is -1.73. The monoisotopic (exact) mass is 377 g/mol. The molecule has 1 N–H and O–H groups in total. The molecule has 2 aromatic rings. The summed E-state index contributed by atoms with van der Waals surface area (Å²) >= 11 is 0. The van der Waals surface area contributed by atoms with Gasteiger partial charge in [-0.05, 0) is 29.8 Å². The zero-order valence-corrected chi connectivity index (χ0v) is 15.2. The Morgan fingerprint density at radius 3 is 2.50 bits per heavy atom. The maximum Gasteiger partial charge on any atom is 0.338 e. The van der Waals surface area contributed by atoms with E-state index in [9.17, 15) is 18.0 Å². The van der Waals surface area contributed by atoms with Crippen LogP contribution in [-0.4, -0.2) is 40.3 Å². The molecule has 0 saturated carbocycles. The smallest absolute Gasteiger partial charge is 0.338 e. The lowest BCUT2D eigenvalue weighted by Gasteiger charge is -2.10. The Bertz CT molecular complexity index is 907. The van der Waals surface area contributed by atoms with Crippen molar-refractivity contribution in [2.24, 2.45) is 0 Å². The second-order valence-electron chi connectivity index (χ2n) is 5.60. The summed E-state index contributed by atoms with van der Waals surface area (Å²) in [6.45, 7) is -0.479. The van der Waals surface area contributed by atoms with Crippen LogP contribution in [0.1, 0.15) is 15.9 Å². The van der Waals surface area contributed by atoms with E-state index in [0.717, 1.165) is 6.26 Å². The van der Waals surface area contributed by atoms with E-state index in [1.807, 2.05) is 0 Å². The lowest BCUT2D eigenvalue weighted by Crippen LogP contribution is -2.21. The Hall–Kier alpha value is -2.87. The van der Waals surface area contributed by atoms with Crippen molar-refractivity contribution in [1.82, 2.24) is 0 Å². The third-order valence-electron chi connectivity index (χ3n) is 3.31. The van der Waals surface area contributed by atoms with Crippen molar-refractivity contribution in [2.45, 2.75) is 5.75 Å². The molecule has 0 aliphatic carbocycles. The highest BCUT2D eigenvalue weighted by molar-refractivity contribution is 7.89. The predicted molar refractivity (Wildman–Crippen MR) is 96.9 cm³/mol. The summed E-state index contributed by atoms with van der Waals surface area (Å²) in [4.78, 5) is 24.0. The molecule has 1 amide bonds. The number of hydrogen-bond donors (Lipinski definition) is 1. The molecular formula is C18H19NO6S. The molecule has 26 heavy (non-hydrogen) atoms. The number of para-hydroxylation sites is 2. The van der Waals surface area contributed by atoms with Gasteiger partial charge in [0.15, 0.2) is 16.4 Å². The number of carbonyl (C=O) groups is 2. The molecule has 0 fully saturated rings. The largest absolute Gasteiger partial charge is 0.495 e. The van der Waals surface area contributed by atoms with Crippen molar-refractivity contribution in [3.8, 4) is 5.75 Å². The minimum atomic E-state index is -3.21. The minimum absolute atomic E-state index is 0.177. The number of benzene rings is 2. The zero-order chi connectivity index (χ0) is 19.2. The van der Waals surface area contributed by atoms with Crippen LogP contribution in [0.3, 0.4) is 0 Å². The summed E-state index contributed by atoms with van der Waals surface area (Å²) in [5, 5.41) is 2.59. The minimum Gasteiger partial charge on any atom is -0.495 e. The Morgan fingerprint density at radius 1 is 1.08 bits per heavy atom. The number of rotatable bonds is 7. The topological polar surface area (TPSA) is 98.8 Å². The fourth-order valence-corrected chi connectivity index (χ4v) is 3.02. The first-order valence-corrected chi connectivity index (χ1v) is 9.71.